The minimum atomic E-state index is -1.17. The molecule has 0 atom stereocenters. The molecule has 0 saturated carbocycles. The van der Waals surface area contributed by atoms with Crippen LogP contribution in [0.4, 0.5) is 9.18 Å². The summed E-state index contributed by atoms with van der Waals surface area (Å²) in [6, 6.07) is 14.8. The summed E-state index contributed by atoms with van der Waals surface area (Å²) in [6.07, 6.45) is 1.35. The number of rotatable bonds is 5. The van der Waals surface area contributed by atoms with Crippen molar-refractivity contribution >= 4 is 12.0 Å². The number of hydrogen-bond donors (Lipinski definition) is 1. The van der Waals surface area contributed by atoms with E-state index in [0.29, 0.717) is 38.5 Å². The van der Waals surface area contributed by atoms with Crippen LogP contribution in [0, 0.1) is 5.82 Å². The number of para-hydroxylation sites is 1. The van der Waals surface area contributed by atoms with Crippen molar-refractivity contribution in [3.05, 3.63) is 77.9 Å². The second-order valence-electron chi connectivity index (χ2n) is 7.18. The molecule has 2 heterocycles. The van der Waals surface area contributed by atoms with Crippen LogP contribution in [0.1, 0.15) is 16.1 Å². The molecule has 8 nitrogen and oxygen atoms in total. The van der Waals surface area contributed by atoms with E-state index in [0.717, 1.165) is 10.2 Å². The molecule has 4 rings (SSSR count). The van der Waals surface area contributed by atoms with Crippen LogP contribution < -0.4 is 4.74 Å². The highest BCUT2D eigenvalue weighted by Crippen LogP contribution is 2.26. The number of hydrogen-bond acceptors (Lipinski definition) is 5. The first-order chi connectivity index (χ1) is 15.0. The quantitative estimate of drug-likeness (QED) is 0.676. The van der Waals surface area contributed by atoms with E-state index in [1.807, 2.05) is 18.2 Å². The van der Waals surface area contributed by atoms with Gasteiger partial charge in [0.2, 0.25) is 0 Å². The van der Waals surface area contributed by atoms with Crippen LogP contribution in [0.2, 0.25) is 0 Å². The van der Waals surface area contributed by atoms with Crippen LogP contribution in [0.5, 0.6) is 11.5 Å². The lowest BCUT2D eigenvalue weighted by Crippen LogP contribution is -2.49. The zero-order chi connectivity index (χ0) is 21.8. The molecule has 2 aromatic carbocycles. The van der Waals surface area contributed by atoms with Gasteiger partial charge in [-0.2, -0.15) is 9.78 Å². The Bertz CT molecular complexity index is 1080. The van der Waals surface area contributed by atoms with E-state index < -0.39 is 11.8 Å². The van der Waals surface area contributed by atoms with Gasteiger partial charge in [-0.3, -0.25) is 4.90 Å². The molecule has 1 aromatic heterocycles. The first-order valence-electron chi connectivity index (χ1n) is 9.81. The number of benzene rings is 2. The van der Waals surface area contributed by atoms with Gasteiger partial charge in [-0.1, -0.05) is 24.3 Å². The highest BCUT2D eigenvalue weighted by atomic mass is 19.1. The number of halogens is 1. The third kappa shape index (κ3) is 4.89. The molecule has 0 bridgehead atoms. The summed E-state index contributed by atoms with van der Waals surface area (Å²) in [5.41, 5.74) is 0.738. The van der Waals surface area contributed by atoms with E-state index in [2.05, 4.69) is 10.00 Å². The van der Waals surface area contributed by atoms with E-state index in [9.17, 15) is 14.0 Å². The first-order valence-corrected chi connectivity index (χ1v) is 9.81. The fraction of sp³-hybridized carbons (Fsp3) is 0.227. The Balaban J connectivity index is 1.35. The standard InChI is InChI=1S/C22H21FN4O4/c23-18-7-6-16(14-20(18)31-17-4-2-1-3-5-17)15-25-10-12-26(13-11-25)22(30)27-9-8-19(24-27)21(28)29/h1-9,14H,10-13,15H2,(H,28,29). The maximum Gasteiger partial charge on any atom is 0.356 e. The van der Waals surface area contributed by atoms with Gasteiger partial charge in [0.1, 0.15) is 5.75 Å². The van der Waals surface area contributed by atoms with Gasteiger partial charge >= 0.3 is 12.0 Å². The molecule has 160 valence electrons. The summed E-state index contributed by atoms with van der Waals surface area (Å²) >= 11 is 0. The minimum absolute atomic E-state index is 0.170. The summed E-state index contributed by atoms with van der Waals surface area (Å²) < 4.78 is 20.9. The van der Waals surface area contributed by atoms with Crippen molar-refractivity contribution in [3.63, 3.8) is 0 Å². The number of carboxylic acids is 1. The van der Waals surface area contributed by atoms with Gasteiger partial charge in [0.15, 0.2) is 17.3 Å². The molecule has 1 aliphatic rings. The zero-order valence-electron chi connectivity index (χ0n) is 16.6. The zero-order valence-corrected chi connectivity index (χ0v) is 16.6. The predicted molar refractivity (Wildman–Crippen MR) is 110 cm³/mol. The Kier molecular flexibility index (Phi) is 5.94. The van der Waals surface area contributed by atoms with Crippen molar-refractivity contribution in [2.75, 3.05) is 26.2 Å². The van der Waals surface area contributed by atoms with Crippen LogP contribution in [-0.2, 0) is 6.54 Å². The van der Waals surface area contributed by atoms with Gasteiger partial charge in [-0.05, 0) is 35.9 Å². The van der Waals surface area contributed by atoms with Crippen LogP contribution in [0.3, 0.4) is 0 Å². The molecule has 1 amide bonds. The van der Waals surface area contributed by atoms with Gasteiger partial charge in [0.05, 0.1) is 0 Å². The molecular formula is C22H21FN4O4. The van der Waals surface area contributed by atoms with Gasteiger partial charge in [0, 0.05) is 38.9 Å². The lowest BCUT2D eigenvalue weighted by Gasteiger charge is -2.34. The van der Waals surface area contributed by atoms with Crippen molar-refractivity contribution in [1.29, 1.82) is 0 Å². The molecular weight excluding hydrogens is 403 g/mol. The monoisotopic (exact) mass is 424 g/mol. The number of aromatic carboxylic acids is 1. The summed E-state index contributed by atoms with van der Waals surface area (Å²) in [5, 5.41) is 12.7. The van der Waals surface area contributed by atoms with Gasteiger partial charge < -0.3 is 14.7 Å². The Morgan fingerprint density at radius 2 is 1.77 bits per heavy atom. The first kappa shape index (κ1) is 20.5. The second-order valence-corrected chi connectivity index (χ2v) is 7.18. The molecule has 1 N–H and O–H groups in total. The van der Waals surface area contributed by atoms with E-state index in [-0.39, 0.29) is 17.5 Å². The Labute approximate surface area is 178 Å². The number of ether oxygens (including phenoxy) is 1. The molecule has 0 aliphatic carbocycles. The number of aromatic nitrogens is 2. The van der Waals surface area contributed by atoms with Crippen molar-refractivity contribution < 1.29 is 23.8 Å². The van der Waals surface area contributed by atoms with Crippen molar-refractivity contribution in [1.82, 2.24) is 19.6 Å². The van der Waals surface area contributed by atoms with Crippen molar-refractivity contribution in [2.45, 2.75) is 6.54 Å². The SMILES string of the molecule is O=C(O)c1ccn(C(=O)N2CCN(Cc3ccc(F)c(Oc4ccccc4)c3)CC2)n1. The number of carbonyl (C=O) groups is 2. The molecule has 1 fully saturated rings. The van der Waals surface area contributed by atoms with E-state index in [1.165, 1.54) is 18.3 Å². The van der Waals surface area contributed by atoms with Crippen LogP contribution >= 0.6 is 0 Å². The molecule has 1 saturated heterocycles. The normalized spacial score (nSPS) is 14.4. The third-order valence-electron chi connectivity index (χ3n) is 5.02. The Morgan fingerprint density at radius 1 is 1.03 bits per heavy atom. The summed E-state index contributed by atoms with van der Waals surface area (Å²) in [7, 11) is 0. The minimum Gasteiger partial charge on any atom is -0.476 e. The number of nitrogens with zero attached hydrogens (tertiary/aromatic N) is 4. The Hall–Kier alpha value is -3.72. The second kappa shape index (κ2) is 8.97. The maximum atomic E-state index is 14.2. The fourth-order valence-electron chi connectivity index (χ4n) is 3.38. The average molecular weight is 424 g/mol. The van der Waals surface area contributed by atoms with Gasteiger partial charge in [-0.25, -0.2) is 14.0 Å². The molecule has 3 aromatic rings. The highest BCUT2D eigenvalue weighted by Gasteiger charge is 2.23. The number of piperazine rings is 1. The lowest BCUT2D eigenvalue weighted by atomic mass is 10.1. The summed E-state index contributed by atoms with van der Waals surface area (Å²) in [6.45, 7) is 2.82. The van der Waals surface area contributed by atoms with Gasteiger partial charge in [-0.15, -0.1) is 0 Å². The maximum absolute atomic E-state index is 14.2. The summed E-state index contributed by atoms with van der Waals surface area (Å²) in [5.74, 6) is -0.866. The third-order valence-corrected chi connectivity index (χ3v) is 5.02. The van der Waals surface area contributed by atoms with Crippen LogP contribution in [0.25, 0.3) is 0 Å². The van der Waals surface area contributed by atoms with Crippen molar-refractivity contribution in [3.8, 4) is 11.5 Å². The van der Waals surface area contributed by atoms with Crippen molar-refractivity contribution in [2.24, 2.45) is 0 Å². The smallest absolute Gasteiger partial charge is 0.356 e. The number of amides is 1. The van der Waals surface area contributed by atoms with E-state index >= 15 is 0 Å². The fourth-order valence-corrected chi connectivity index (χ4v) is 3.38. The van der Waals surface area contributed by atoms with E-state index in [1.54, 1.807) is 29.2 Å². The van der Waals surface area contributed by atoms with Crippen LogP contribution in [-0.4, -0.2) is 62.9 Å². The van der Waals surface area contributed by atoms with Gasteiger partial charge in [0.25, 0.3) is 0 Å². The molecule has 9 heteroatoms. The number of carboxylic acid groups (broad SMARTS) is 1. The average Bonchev–Trinajstić information content (AvgIpc) is 3.28. The van der Waals surface area contributed by atoms with E-state index in [4.69, 9.17) is 9.84 Å². The topological polar surface area (TPSA) is 87.9 Å². The lowest BCUT2D eigenvalue weighted by molar-refractivity contribution is 0.0689. The van der Waals surface area contributed by atoms with Crippen LogP contribution in [0.15, 0.2) is 60.8 Å². The number of carbonyl (C=O) groups excluding carboxylic acids is 1. The Morgan fingerprint density at radius 3 is 2.45 bits per heavy atom. The molecule has 1 aliphatic heterocycles. The summed E-state index contributed by atoms with van der Waals surface area (Å²) in [4.78, 5) is 27.2. The molecule has 0 unspecified atom stereocenters. The predicted octanol–water partition coefficient (Wildman–Crippen LogP) is 3.30. The molecule has 31 heavy (non-hydrogen) atoms. The molecule has 0 radical (unpaired) electrons. The largest absolute Gasteiger partial charge is 0.476 e. The molecule has 0 spiro atoms. The highest BCUT2D eigenvalue weighted by molar-refractivity contribution is 5.86.